The van der Waals surface area contributed by atoms with Gasteiger partial charge in [0.15, 0.2) is 15.8 Å². The van der Waals surface area contributed by atoms with E-state index in [2.05, 4.69) is 19.9 Å². The molecule has 1 saturated heterocycles. The molecule has 0 spiro atoms. The molecule has 0 aliphatic carbocycles. The number of esters is 1. The zero-order chi connectivity index (χ0) is 14.8. The minimum absolute atomic E-state index is 0.0818. The maximum Gasteiger partial charge on any atom is 0.310 e. The smallest absolute Gasteiger partial charge is 0.310 e. The third kappa shape index (κ3) is 2.82. The van der Waals surface area contributed by atoms with Crippen molar-refractivity contribution < 1.29 is 9.53 Å². The average Bonchev–Trinajstić information content (AvgIpc) is 2.97. The third-order valence-corrected chi connectivity index (χ3v) is 5.61. The predicted molar refractivity (Wildman–Crippen MR) is 83.9 cm³/mol. The van der Waals surface area contributed by atoms with Crippen LogP contribution in [0.2, 0.25) is 0 Å². The van der Waals surface area contributed by atoms with Crippen molar-refractivity contribution in [3.63, 3.8) is 0 Å². The van der Waals surface area contributed by atoms with Gasteiger partial charge < -0.3 is 9.64 Å². The minimum atomic E-state index is -0.140. The zero-order valence-electron chi connectivity index (χ0n) is 11.9. The van der Waals surface area contributed by atoms with Crippen LogP contribution in [0.15, 0.2) is 10.7 Å². The van der Waals surface area contributed by atoms with Gasteiger partial charge in [-0.3, -0.25) is 4.79 Å². The largest absolute Gasteiger partial charge is 0.469 e. The lowest BCUT2D eigenvalue weighted by molar-refractivity contribution is -0.145. The second-order valence-corrected chi connectivity index (χ2v) is 6.89. The van der Waals surface area contributed by atoms with Gasteiger partial charge in [0.05, 0.1) is 13.0 Å². The van der Waals surface area contributed by atoms with Crippen molar-refractivity contribution in [2.24, 2.45) is 5.92 Å². The molecule has 21 heavy (non-hydrogen) atoms. The Morgan fingerprint density at radius 2 is 2.38 bits per heavy atom. The highest BCUT2D eigenvalue weighted by Crippen LogP contribution is 2.34. The van der Waals surface area contributed by atoms with E-state index in [1.54, 1.807) is 29.4 Å². The summed E-state index contributed by atoms with van der Waals surface area (Å²) in [5.41, 5.74) is 0.731. The molecule has 8 heteroatoms. The first-order valence-electron chi connectivity index (χ1n) is 6.71. The highest BCUT2D eigenvalue weighted by Gasteiger charge is 2.28. The normalized spacial score (nSPS) is 19.0. The van der Waals surface area contributed by atoms with Crippen LogP contribution in [0.25, 0.3) is 10.3 Å². The number of hydrogen-bond acceptors (Lipinski definition) is 8. The molecule has 0 unspecified atom stereocenters. The Labute approximate surface area is 130 Å². The molecule has 0 aromatic carbocycles. The van der Waals surface area contributed by atoms with E-state index < -0.39 is 0 Å². The van der Waals surface area contributed by atoms with E-state index in [-0.39, 0.29) is 11.9 Å². The van der Waals surface area contributed by atoms with Gasteiger partial charge in [0, 0.05) is 13.1 Å². The van der Waals surface area contributed by atoms with Crippen molar-refractivity contribution in [2.75, 3.05) is 31.4 Å². The second kappa shape index (κ2) is 6.15. The van der Waals surface area contributed by atoms with Gasteiger partial charge in [-0.25, -0.2) is 15.0 Å². The highest BCUT2D eigenvalue weighted by atomic mass is 32.2. The van der Waals surface area contributed by atoms with Gasteiger partial charge in [0.2, 0.25) is 0 Å². The molecule has 1 aliphatic heterocycles. The average molecular weight is 324 g/mol. The topological polar surface area (TPSA) is 68.2 Å². The van der Waals surface area contributed by atoms with Gasteiger partial charge in [-0.15, -0.1) is 11.3 Å². The van der Waals surface area contributed by atoms with E-state index >= 15 is 0 Å². The zero-order valence-corrected chi connectivity index (χ0v) is 13.5. The van der Waals surface area contributed by atoms with Crippen LogP contribution < -0.4 is 4.90 Å². The molecule has 1 aliphatic rings. The number of methoxy groups -OCH3 is 1. The summed E-state index contributed by atoms with van der Waals surface area (Å²) in [5.74, 6) is 0.659. The predicted octanol–water partition coefficient (Wildman–Crippen LogP) is 2.20. The molecule has 0 radical (unpaired) electrons. The quantitative estimate of drug-likeness (QED) is 0.633. The van der Waals surface area contributed by atoms with Gasteiger partial charge in [-0.1, -0.05) is 11.8 Å². The lowest BCUT2D eigenvalue weighted by Gasteiger charge is -2.32. The van der Waals surface area contributed by atoms with Crippen LogP contribution in [0.3, 0.4) is 0 Å². The van der Waals surface area contributed by atoms with Crippen molar-refractivity contribution in [3.8, 4) is 0 Å². The highest BCUT2D eigenvalue weighted by molar-refractivity contribution is 8.00. The Bertz CT molecular complexity index is 661. The Balaban J connectivity index is 1.92. The first-order chi connectivity index (χ1) is 10.2. The molecule has 1 atom stereocenters. The van der Waals surface area contributed by atoms with E-state index in [1.165, 1.54) is 7.11 Å². The molecule has 3 heterocycles. The van der Waals surface area contributed by atoms with Gasteiger partial charge >= 0.3 is 5.97 Å². The molecule has 0 N–H and O–H groups in total. The van der Waals surface area contributed by atoms with E-state index in [0.717, 1.165) is 39.9 Å². The van der Waals surface area contributed by atoms with Crippen LogP contribution in [0.4, 0.5) is 5.82 Å². The van der Waals surface area contributed by atoms with E-state index in [9.17, 15) is 4.79 Å². The maximum absolute atomic E-state index is 11.8. The van der Waals surface area contributed by atoms with E-state index in [4.69, 9.17) is 4.74 Å². The number of ether oxygens (including phenoxy) is 1. The van der Waals surface area contributed by atoms with Gasteiger partial charge in [-0.05, 0) is 19.1 Å². The summed E-state index contributed by atoms with van der Waals surface area (Å²) in [5, 5.41) is 0. The molecule has 3 rings (SSSR count). The molecular weight excluding hydrogens is 308 g/mol. The van der Waals surface area contributed by atoms with Gasteiger partial charge in [-0.2, -0.15) is 0 Å². The minimum Gasteiger partial charge on any atom is -0.469 e. The van der Waals surface area contributed by atoms with Crippen LogP contribution >= 0.6 is 23.1 Å². The molecular formula is C13H16N4O2S2. The summed E-state index contributed by atoms with van der Waals surface area (Å²) < 4.78 is 6.84. The van der Waals surface area contributed by atoms with Crippen LogP contribution in [-0.4, -0.2) is 47.4 Å². The third-order valence-electron chi connectivity index (χ3n) is 3.58. The Morgan fingerprint density at radius 1 is 1.52 bits per heavy atom. The van der Waals surface area contributed by atoms with Crippen molar-refractivity contribution in [1.29, 1.82) is 0 Å². The van der Waals surface area contributed by atoms with Crippen molar-refractivity contribution >= 4 is 45.2 Å². The van der Waals surface area contributed by atoms with Crippen molar-refractivity contribution in [3.05, 3.63) is 6.33 Å². The lowest BCUT2D eigenvalue weighted by atomic mass is 9.98. The summed E-state index contributed by atoms with van der Waals surface area (Å²) in [6.45, 7) is 1.54. The summed E-state index contributed by atoms with van der Waals surface area (Å²) >= 11 is 3.21. The number of carbonyl (C=O) groups is 1. The standard InChI is InChI=1S/C13H16N4O2S2/c1-19-12(18)8-4-3-5-17(6-8)11-9-10(14-7-15-11)16-13(20-2)21-9/h7-8H,3-6H2,1-2H3/t8-/m1/s1. The lowest BCUT2D eigenvalue weighted by Crippen LogP contribution is -2.39. The van der Waals surface area contributed by atoms with Gasteiger partial charge in [0.25, 0.3) is 0 Å². The maximum atomic E-state index is 11.8. The molecule has 112 valence electrons. The molecule has 0 saturated carbocycles. The molecule has 0 bridgehead atoms. The number of fused-ring (bicyclic) bond motifs is 1. The van der Waals surface area contributed by atoms with E-state index in [0.29, 0.717) is 6.54 Å². The van der Waals surface area contributed by atoms with E-state index in [1.807, 2.05) is 6.26 Å². The Kier molecular flexibility index (Phi) is 4.25. The summed E-state index contributed by atoms with van der Waals surface area (Å²) in [6.07, 6.45) is 5.37. The fourth-order valence-corrected chi connectivity index (χ4v) is 4.09. The van der Waals surface area contributed by atoms with Crippen LogP contribution in [0, 0.1) is 5.92 Å². The van der Waals surface area contributed by atoms with Crippen LogP contribution in [0.1, 0.15) is 12.8 Å². The number of rotatable bonds is 3. The molecule has 1 fully saturated rings. The number of nitrogens with zero attached hydrogens (tertiary/aromatic N) is 4. The molecule has 2 aromatic heterocycles. The number of aromatic nitrogens is 3. The second-order valence-electron chi connectivity index (χ2n) is 4.84. The first kappa shape index (κ1) is 14.5. The summed E-state index contributed by atoms with van der Waals surface area (Å²) in [4.78, 5) is 27.0. The summed E-state index contributed by atoms with van der Waals surface area (Å²) in [6, 6.07) is 0. The first-order valence-corrected chi connectivity index (χ1v) is 8.75. The number of thioether (sulfide) groups is 1. The number of anilines is 1. The Morgan fingerprint density at radius 3 is 3.14 bits per heavy atom. The number of hydrogen-bond donors (Lipinski definition) is 0. The van der Waals surface area contributed by atoms with Crippen LogP contribution in [0.5, 0.6) is 0 Å². The fraction of sp³-hybridized carbons (Fsp3) is 0.538. The number of thiazole rings is 1. The molecule has 6 nitrogen and oxygen atoms in total. The Hall–Kier alpha value is -1.41. The van der Waals surface area contributed by atoms with Crippen LogP contribution in [-0.2, 0) is 9.53 Å². The molecule has 0 amide bonds. The van der Waals surface area contributed by atoms with Gasteiger partial charge in [0.1, 0.15) is 11.0 Å². The number of piperidine rings is 1. The molecule has 2 aromatic rings. The fourth-order valence-electron chi connectivity index (χ4n) is 2.56. The summed E-state index contributed by atoms with van der Waals surface area (Å²) in [7, 11) is 1.44. The van der Waals surface area contributed by atoms with Crippen molar-refractivity contribution in [1.82, 2.24) is 15.0 Å². The number of carbonyl (C=O) groups excluding carboxylic acids is 1. The monoisotopic (exact) mass is 324 g/mol. The van der Waals surface area contributed by atoms with Crippen molar-refractivity contribution in [2.45, 2.75) is 17.2 Å². The SMILES string of the molecule is COC(=O)[C@@H]1CCCN(c2ncnc3nc(SC)sc23)C1.